The monoisotopic (exact) mass is 590 g/mol. The average Bonchev–Trinajstić information content (AvgIpc) is 3.71. The van der Waals surface area contributed by atoms with Crippen molar-refractivity contribution in [3.63, 3.8) is 0 Å². The molecule has 4 aromatic rings. The zero-order valence-corrected chi connectivity index (χ0v) is 27.0. The standard InChI is InChI=1S/C37H46N6O/c1-7-10-35(44)43-18-9-11-33(43)37-40-32-17-15-28-20-30-27(21-31(28)36(32)41-37)13-12-26-19-25(14-16-29(26)30)24(4)42(6)34(38-5)22-39-23(3)8-2/h14-17,19-21,23,33,39H,4,7-13,18,22H2,1-3,5-6H3,(H,40,41)/t23-,33-/m0/s1. The predicted molar refractivity (Wildman–Crippen MR) is 183 cm³/mol. The van der Waals surface area contributed by atoms with Crippen LogP contribution >= 0.6 is 0 Å². The third-order valence-electron chi connectivity index (χ3n) is 9.73. The number of aromatic nitrogens is 2. The molecule has 2 atom stereocenters. The number of imidazole rings is 1. The first-order valence-corrected chi connectivity index (χ1v) is 16.3. The van der Waals surface area contributed by atoms with Crippen LogP contribution in [0.25, 0.3) is 38.6 Å². The number of likely N-dealkylation sites (tertiary alicyclic amines) is 1. The van der Waals surface area contributed by atoms with Crippen LogP contribution in [0.1, 0.15) is 81.4 Å². The second kappa shape index (κ2) is 12.6. The van der Waals surface area contributed by atoms with Gasteiger partial charge in [-0.1, -0.05) is 38.6 Å². The van der Waals surface area contributed by atoms with Gasteiger partial charge in [-0.2, -0.15) is 0 Å². The lowest BCUT2D eigenvalue weighted by Gasteiger charge is -2.27. The molecule has 0 unspecified atom stereocenters. The minimum absolute atomic E-state index is 0.0415. The van der Waals surface area contributed by atoms with Crippen LogP contribution < -0.4 is 5.32 Å². The molecule has 1 amide bonds. The van der Waals surface area contributed by atoms with Crippen LogP contribution in [0.3, 0.4) is 0 Å². The number of H-pyrrole nitrogens is 1. The van der Waals surface area contributed by atoms with E-state index in [2.05, 4.69) is 97.1 Å². The molecule has 1 aromatic heterocycles. The van der Waals surface area contributed by atoms with Crippen molar-refractivity contribution in [2.75, 3.05) is 27.2 Å². The summed E-state index contributed by atoms with van der Waals surface area (Å²) in [5.74, 6) is 2.14. The van der Waals surface area contributed by atoms with Crippen molar-refractivity contribution < 1.29 is 4.79 Å². The van der Waals surface area contributed by atoms with E-state index in [9.17, 15) is 4.79 Å². The predicted octanol–water partition coefficient (Wildman–Crippen LogP) is 7.26. The van der Waals surface area contributed by atoms with Crippen LogP contribution in [0.15, 0.2) is 54.0 Å². The highest BCUT2D eigenvalue weighted by Gasteiger charge is 2.32. The molecule has 1 fully saturated rings. The van der Waals surface area contributed by atoms with Gasteiger partial charge in [-0.05, 0) is 103 Å². The number of nitrogens with one attached hydrogen (secondary N) is 2. The highest BCUT2D eigenvalue weighted by molar-refractivity contribution is 6.06. The molecule has 0 bridgehead atoms. The van der Waals surface area contributed by atoms with Gasteiger partial charge in [0, 0.05) is 44.2 Å². The molecular weight excluding hydrogens is 544 g/mol. The van der Waals surface area contributed by atoms with Crippen molar-refractivity contribution in [1.82, 2.24) is 25.1 Å². The Bertz CT molecular complexity index is 1750. The highest BCUT2D eigenvalue weighted by atomic mass is 16.2. The van der Waals surface area contributed by atoms with Gasteiger partial charge in [0.2, 0.25) is 5.91 Å². The maximum Gasteiger partial charge on any atom is 0.223 e. The summed E-state index contributed by atoms with van der Waals surface area (Å²) in [5.41, 5.74) is 9.46. The molecule has 7 nitrogen and oxygen atoms in total. The summed E-state index contributed by atoms with van der Waals surface area (Å²) in [6.07, 6.45) is 6.52. The molecule has 1 aliphatic carbocycles. The summed E-state index contributed by atoms with van der Waals surface area (Å²) in [6, 6.07) is 16.3. The molecule has 0 saturated carbocycles. The van der Waals surface area contributed by atoms with E-state index in [0.717, 1.165) is 79.0 Å². The number of hydrogen-bond acceptors (Lipinski definition) is 4. The number of aromatic amines is 1. The number of amidine groups is 1. The molecule has 0 radical (unpaired) electrons. The molecule has 6 rings (SSSR count). The lowest BCUT2D eigenvalue weighted by molar-refractivity contribution is -0.132. The maximum absolute atomic E-state index is 12.8. The Labute approximate surface area is 261 Å². The first-order chi connectivity index (χ1) is 21.3. The molecule has 230 valence electrons. The molecule has 2 heterocycles. The maximum atomic E-state index is 12.8. The fourth-order valence-corrected chi connectivity index (χ4v) is 6.85. The first-order valence-electron chi connectivity index (χ1n) is 16.3. The normalized spacial score (nSPS) is 17.2. The average molecular weight is 591 g/mol. The van der Waals surface area contributed by atoms with Gasteiger partial charge in [0.1, 0.15) is 11.7 Å². The van der Waals surface area contributed by atoms with Crippen molar-refractivity contribution in [2.45, 2.75) is 77.8 Å². The van der Waals surface area contributed by atoms with Gasteiger partial charge in [-0.25, -0.2) is 4.98 Å². The zero-order chi connectivity index (χ0) is 31.0. The Morgan fingerprint density at radius 2 is 1.95 bits per heavy atom. The van der Waals surface area contributed by atoms with Crippen molar-refractivity contribution >= 4 is 39.2 Å². The van der Waals surface area contributed by atoms with Crippen molar-refractivity contribution in [1.29, 1.82) is 0 Å². The third-order valence-corrected chi connectivity index (χ3v) is 9.73. The van der Waals surface area contributed by atoms with Gasteiger partial charge in [0.05, 0.1) is 23.6 Å². The van der Waals surface area contributed by atoms with Crippen LogP contribution in [0, 0.1) is 0 Å². The Morgan fingerprint density at radius 3 is 2.70 bits per heavy atom. The van der Waals surface area contributed by atoms with Crippen LogP contribution in [0.4, 0.5) is 0 Å². The van der Waals surface area contributed by atoms with E-state index in [-0.39, 0.29) is 11.9 Å². The van der Waals surface area contributed by atoms with Crippen LogP contribution in [-0.4, -0.2) is 64.7 Å². The summed E-state index contributed by atoms with van der Waals surface area (Å²) < 4.78 is 0. The third kappa shape index (κ3) is 5.54. The Balaban J connectivity index is 1.28. The fraction of sp³-hybridized carbons (Fsp3) is 0.432. The van der Waals surface area contributed by atoms with Crippen molar-refractivity contribution in [2.24, 2.45) is 4.99 Å². The van der Waals surface area contributed by atoms with E-state index in [4.69, 9.17) is 4.98 Å². The van der Waals surface area contributed by atoms with Crippen LogP contribution in [0.2, 0.25) is 0 Å². The van der Waals surface area contributed by atoms with E-state index < -0.39 is 0 Å². The van der Waals surface area contributed by atoms with E-state index >= 15 is 0 Å². The zero-order valence-electron chi connectivity index (χ0n) is 27.0. The number of benzene rings is 3. The van der Waals surface area contributed by atoms with E-state index in [1.54, 1.807) is 0 Å². The summed E-state index contributed by atoms with van der Waals surface area (Å²) in [4.78, 5) is 30.2. The number of carbonyl (C=O) groups is 1. The molecule has 44 heavy (non-hydrogen) atoms. The van der Waals surface area contributed by atoms with Gasteiger partial charge in [0.15, 0.2) is 0 Å². The number of hydrogen-bond donors (Lipinski definition) is 2. The van der Waals surface area contributed by atoms with E-state index in [0.29, 0.717) is 19.0 Å². The van der Waals surface area contributed by atoms with Crippen molar-refractivity contribution in [3.8, 4) is 11.1 Å². The van der Waals surface area contributed by atoms with E-state index in [1.165, 1.54) is 33.0 Å². The lowest BCUT2D eigenvalue weighted by atomic mass is 9.83. The van der Waals surface area contributed by atoms with Gasteiger partial charge >= 0.3 is 0 Å². The lowest BCUT2D eigenvalue weighted by Crippen LogP contribution is -2.38. The number of nitrogens with zero attached hydrogens (tertiary/aromatic N) is 4. The number of carbonyl (C=O) groups excluding carboxylic acids is 1. The SMILES string of the molecule is C=C(c1ccc2c(c1)CCc1cc3c(ccc4[nH]c([C@@H]5CCCN5C(=O)CCC)nc43)cc1-2)N(C)C(CN[C@@H](C)CC)=NC. The Morgan fingerprint density at radius 1 is 1.16 bits per heavy atom. The number of rotatable bonds is 9. The number of fused-ring (bicyclic) bond motifs is 6. The van der Waals surface area contributed by atoms with Crippen LogP contribution in [-0.2, 0) is 17.6 Å². The minimum atomic E-state index is 0.0415. The van der Waals surface area contributed by atoms with Gasteiger partial charge in [-0.15, -0.1) is 0 Å². The Kier molecular flexibility index (Phi) is 8.59. The van der Waals surface area contributed by atoms with Gasteiger partial charge < -0.3 is 20.1 Å². The summed E-state index contributed by atoms with van der Waals surface area (Å²) in [6.45, 7) is 12.4. The quantitative estimate of drug-likeness (QED) is 0.159. The highest BCUT2D eigenvalue weighted by Crippen LogP contribution is 2.40. The van der Waals surface area contributed by atoms with Gasteiger partial charge in [-0.3, -0.25) is 9.79 Å². The molecule has 7 heteroatoms. The second-order valence-corrected chi connectivity index (χ2v) is 12.5. The number of aryl methyl sites for hydroxylation is 2. The Hall–Kier alpha value is -3.97. The van der Waals surface area contributed by atoms with E-state index in [1.807, 2.05) is 11.9 Å². The molecule has 0 spiro atoms. The molecule has 1 saturated heterocycles. The fourth-order valence-electron chi connectivity index (χ4n) is 6.85. The molecule has 2 aliphatic rings. The largest absolute Gasteiger partial charge is 0.340 e. The first kappa shape index (κ1) is 30.1. The minimum Gasteiger partial charge on any atom is -0.340 e. The number of aliphatic imine (C=N–C) groups is 1. The van der Waals surface area contributed by atoms with Crippen LogP contribution in [0.5, 0.6) is 0 Å². The molecule has 3 aromatic carbocycles. The summed E-state index contributed by atoms with van der Waals surface area (Å²) in [5, 5.41) is 5.92. The smallest absolute Gasteiger partial charge is 0.223 e. The number of amides is 1. The molecular formula is C37H46N6O. The molecule has 2 N–H and O–H groups in total. The molecule has 1 aliphatic heterocycles. The topological polar surface area (TPSA) is 76.6 Å². The summed E-state index contributed by atoms with van der Waals surface area (Å²) in [7, 11) is 3.90. The second-order valence-electron chi connectivity index (χ2n) is 12.5. The van der Waals surface area contributed by atoms with Gasteiger partial charge in [0.25, 0.3) is 0 Å². The summed E-state index contributed by atoms with van der Waals surface area (Å²) >= 11 is 0. The van der Waals surface area contributed by atoms with Crippen molar-refractivity contribution in [3.05, 3.63) is 71.6 Å². The number of likely N-dealkylation sites (N-methyl/N-ethyl adjacent to an activating group) is 1.